The summed E-state index contributed by atoms with van der Waals surface area (Å²) in [7, 11) is 0. The molecule has 1 aliphatic heterocycles. The van der Waals surface area contributed by atoms with Gasteiger partial charge in [-0.1, -0.05) is 44.2 Å². The number of aryl methyl sites for hydroxylation is 1. The van der Waals surface area contributed by atoms with Gasteiger partial charge in [0.05, 0.1) is 11.7 Å². The van der Waals surface area contributed by atoms with E-state index in [1.165, 1.54) is 38.5 Å². The highest BCUT2D eigenvalue weighted by Gasteiger charge is 2.26. The monoisotopic (exact) mass is 332 g/mol. The molecule has 24 heavy (non-hydrogen) atoms. The van der Waals surface area contributed by atoms with Crippen molar-refractivity contribution in [2.75, 3.05) is 13.1 Å². The quantitative estimate of drug-likeness (QED) is 0.772. The second-order valence-corrected chi connectivity index (χ2v) is 7.61. The summed E-state index contributed by atoms with van der Waals surface area (Å²) in [5.41, 5.74) is 1.09. The fourth-order valence-electron chi connectivity index (χ4n) is 4.19. The van der Waals surface area contributed by atoms with Crippen LogP contribution in [-0.2, 0) is 11.2 Å². The van der Waals surface area contributed by atoms with E-state index in [0.717, 1.165) is 50.9 Å². The third kappa shape index (κ3) is 4.58. The maximum atomic E-state index is 12.6. The van der Waals surface area contributed by atoms with Crippen LogP contribution in [0.4, 0.5) is 0 Å². The lowest BCUT2D eigenvalue weighted by Crippen LogP contribution is -2.39. The molecule has 3 rings (SSSR count). The molecule has 0 aromatic carbocycles. The van der Waals surface area contributed by atoms with Crippen LogP contribution in [0.2, 0.25) is 0 Å². The van der Waals surface area contributed by atoms with Crippen molar-refractivity contribution >= 4 is 5.91 Å². The molecule has 1 aliphatic carbocycles. The molecule has 0 radical (unpaired) electrons. The van der Waals surface area contributed by atoms with Crippen LogP contribution in [0.15, 0.2) is 6.20 Å². The Morgan fingerprint density at radius 1 is 1.12 bits per heavy atom. The van der Waals surface area contributed by atoms with Crippen molar-refractivity contribution in [3.8, 4) is 0 Å². The second kappa shape index (κ2) is 8.63. The average molecular weight is 332 g/mol. The van der Waals surface area contributed by atoms with E-state index in [1.807, 2.05) is 4.68 Å². The molecule has 1 aromatic rings. The number of piperidine rings is 1. The fraction of sp³-hybridized carbons (Fsp3) is 0.842. The number of amides is 1. The van der Waals surface area contributed by atoms with Crippen LogP contribution in [0.5, 0.6) is 0 Å². The van der Waals surface area contributed by atoms with Crippen LogP contribution >= 0.6 is 0 Å². The first-order valence-corrected chi connectivity index (χ1v) is 9.94. The normalized spacial score (nSPS) is 21.0. The Hall–Kier alpha value is -1.39. The lowest BCUT2D eigenvalue weighted by atomic mass is 9.95. The second-order valence-electron chi connectivity index (χ2n) is 7.61. The first-order chi connectivity index (χ1) is 11.8. The van der Waals surface area contributed by atoms with E-state index in [1.54, 1.807) is 0 Å². The maximum Gasteiger partial charge on any atom is 0.222 e. The fourth-order valence-corrected chi connectivity index (χ4v) is 4.19. The van der Waals surface area contributed by atoms with Gasteiger partial charge in [0.2, 0.25) is 5.91 Å². The minimum absolute atomic E-state index is 0.380. The first-order valence-electron chi connectivity index (χ1n) is 9.94. The van der Waals surface area contributed by atoms with E-state index >= 15 is 0 Å². The summed E-state index contributed by atoms with van der Waals surface area (Å²) in [4.78, 5) is 14.7. The van der Waals surface area contributed by atoms with Crippen LogP contribution < -0.4 is 0 Å². The van der Waals surface area contributed by atoms with E-state index in [4.69, 9.17) is 0 Å². The van der Waals surface area contributed by atoms with Crippen molar-refractivity contribution in [1.29, 1.82) is 0 Å². The number of nitrogens with zero attached hydrogens (tertiary/aromatic N) is 4. The van der Waals surface area contributed by atoms with Gasteiger partial charge in [0.15, 0.2) is 0 Å². The molecule has 2 fully saturated rings. The van der Waals surface area contributed by atoms with Crippen LogP contribution in [0.3, 0.4) is 0 Å². The van der Waals surface area contributed by atoms with Crippen LogP contribution in [0, 0.1) is 5.92 Å². The molecule has 1 saturated carbocycles. The molecule has 2 aliphatic rings. The zero-order valence-corrected chi connectivity index (χ0v) is 15.1. The first kappa shape index (κ1) is 17.4. The molecule has 0 spiro atoms. The number of hydrogen-bond donors (Lipinski definition) is 0. The predicted molar refractivity (Wildman–Crippen MR) is 94.7 cm³/mol. The maximum absolute atomic E-state index is 12.6. The van der Waals surface area contributed by atoms with Crippen molar-refractivity contribution in [3.05, 3.63) is 11.9 Å². The Kier molecular flexibility index (Phi) is 6.27. The topological polar surface area (TPSA) is 51.0 Å². The molecule has 2 heterocycles. The van der Waals surface area contributed by atoms with Crippen LogP contribution in [0.25, 0.3) is 0 Å². The summed E-state index contributed by atoms with van der Waals surface area (Å²) in [6.45, 7) is 3.91. The molecule has 1 aromatic heterocycles. The third-order valence-corrected chi connectivity index (χ3v) is 5.69. The van der Waals surface area contributed by atoms with Gasteiger partial charge in [-0.3, -0.25) is 4.79 Å². The van der Waals surface area contributed by atoms with Gasteiger partial charge in [0.1, 0.15) is 0 Å². The number of carbonyl (C=O) groups excluding carboxylic acids is 1. The largest absolute Gasteiger partial charge is 0.343 e. The lowest BCUT2D eigenvalue weighted by Gasteiger charge is -2.32. The summed E-state index contributed by atoms with van der Waals surface area (Å²) in [6, 6.07) is 0.407. The number of carbonyl (C=O) groups is 1. The van der Waals surface area contributed by atoms with Crippen LogP contribution in [-0.4, -0.2) is 38.9 Å². The zero-order valence-electron chi connectivity index (χ0n) is 15.1. The smallest absolute Gasteiger partial charge is 0.222 e. The van der Waals surface area contributed by atoms with Crippen molar-refractivity contribution in [2.45, 2.75) is 83.6 Å². The Morgan fingerprint density at radius 2 is 1.83 bits per heavy atom. The molecule has 1 amide bonds. The Bertz CT molecular complexity index is 511. The van der Waals surface area contributed by atoms with Gasteiger partial charge in [0, 0.05) is 25.7 Å². The molecule has 134 valence electrons. The van der Waals surface area contributed by atoms with E-state index < -0.39 is 0 Å². The summed E-state index contributed by atoms with van der Waals surface area (Å²) in [5.74, 6) is 1.01. The highest BCUT2D eigenvalue weighted by Crippen LogP contribution is 2.28. The standard InChI is InChI=1S/C19H32N4O/c1-2-7-17-15-23(21-20-17)18-10-12-22(13-11-18)19(24)14-16-8-5-3-4-6-9-16/h15-16,18H,2-14H2,1H3. The van der Waals surface area contributed by atoms with Gasteiger partial charge in [-0.05, 0) is 38.0 Å². The highest BCUT2D eigenvalue weighted by atomic mass is 16.2. The summed E-state index contributed by atoms with van der Waals surface area (Å²) < 4.78 is 2.03. The number of likely N-dealkylation sites (tertiary alicyclic amines) is 1. The summed E-state index contributed by atoms with van der Waals surface area (Å²) in [6.07, 6.45) is 14.8. The number of rotatable bonds is 5. The van der Waals surface area contributed by atoms with Crippen molar-refractivity contribution in [1.82, 2.24) is 19.9 Å². The van der Waals surface area contributed by atoms with Gasteiger partial charge in [-0.25, -0.2) is 4.68 Å². The Labute approximate surface area is 145 Å². The van der Waals surface area contributed by atoms with Gasteiger partial charge in [-0.2, -0.15) is 0 Å². The van der Waals surface area contributed by atoms with Gasteiger partial charge >= 0.3 is 0 Å². The highest BCUT2D eigenvalue weighted by molar-refractivity contribution is 5.76. The van der Waals surface area contributed by atoms with E-state index in [0.29, 0.717) is 17.9 Å². The van der Waals surface area contributed by atoms with E-state index in [-0.39, 0.29) is 0 Å². The minimum Gasteiger partial charge on any atom is -0.343 e. The van der Waals surface area contributed by atoms with Crippen molar-refractivity contribution < 1.29 is 4.79 Å². The average Bonchev–Trinajstić information content (AvgIpc) is 2.91. The predicted octanol–water partition coefficient (Wildman–Crippen LogP) is 3.75. The minimum atomic E-state index is 0.380. The Morgan fingerprint density at radius 3 is 2.50 bits per heavy atom. The Balaban J connectivity index is 1.46. The molecule has 5 nitrogen and oxygen atoms in total. The van der Waals surface area contributed by atoms with Crippen molar-refractivity contribution in [3.63, 3.8) is 0 Å². The molecule has 1 saturated heterocycles. The van der Waals surface area contributed by atoms with Gasteiger partial charge in [-0.15, -0.1) is 5.10 Å². The van der Waals surface area contributed by atoms with Crippen LogP contribution in [0.1, 0.15) is 82.9 Å². The molecule has 0 atom stereocenters. The molecule has 5 heteroatoms. The van der Waals surface area contributed by atoms with E-state index in [2.05, 4.69) is 28.3 Å². The molecule has 0 N–H and O–H groups in total. The molecular formula is C19H32N4O. The molecule has 0 unspecified atom stereocenters. The molecule has 0 bridgehead atoms. The SMILES string of the molecule is CCCc1cn(C2CCN(C(=O)CC3CCCCCC3)CC2)nn1. The van der Waals surface area contributed by atoms with E-state index in [9.17, 15) is 4.79 Å². The summed E-state index contributed by atoms with van der Waals surface area (Å²) >= 11 is 0. The number of aromatic nitrogens is 3. The number of hydrogen-bond acceptors (Lipinski definition) is 3. The van der Waals surface area contributed by atoms with Gasteiger partial charge in [0.25, 0.3) is 0 Å². The third-order valence-electron chi connectivity index (χ3n) is 5.69. The zero-order chi connectivity index (χ0) is 16.8. The lowest BCUT2D eigenvalue weighted by molar-refractivity contribution is -0.133. The summed E-state index contributed by atoms with van der Waals surface area (Å²) in [5, 5.41) is 8.55. The molecular weight excluding hydrogens is 300 g/mol. The van der Waals surface area contributed by atoms with Crippen molar-refractivity contribution in [2.24, 2.45) is 5.92 Å². The van der Waals surface area contributed by atoms with Gasteiger partial charge < -0.3 is 4.90 Å².